The van der Waals surface area contributed by atoms with Crippen molar-refractivity contribution in [3.63, 3.8) is 0 Å². The predicted molar refractivity (Wildman–Crippen MR) is 143 cm³/mol. The van der Waals surface area contributed by atoms with Crippen LogP contribution in [0.25, 0.3) is 0 Å². The largest absolute Gasteiger partial charge is 0.372 e. The van der Waals surface area contributed by atoms with Crippen molar-refractivity contribution < 1.29 is 28.6 Å². The van der Waals surface area contributed by atoms with Crippen LogP contribution in [0.2, 0.25) is 0 Å². The summed E-state index contributed by atoms with van der Waals surface area (Å²) in [6.45, 7) is 27.2. The molecule has 0 aliphatic carbocycles. The van der Waals surface area contributed by atoms with E-state index in [1.807, 2.05) is 62.3 Å². The van der Waals surface area contributed by atoms with Gasteiger partial charge in [0.25, 0.3) is 0 Å². The molecule has 6 nitrogen and oxygen atoms in total. The fraction of sp³-hybridized carbons (Fsp3) is 0.679. The Morgan fingerprint density at radius 1 is 0.647 bits per heavy atom. The maximum absolute atomic E-state index is 10.7. The first-order chi connectivity index (χ1) is 14.7. The van der Waals surface area contributed by atoms with Crippen LogP contribution in [0.5, 0.6) is 0 Å². The molecule has 6 heteroatoms. The third-order valence-electron chi connectivity index (χ3n) is 3.11. The number of ether oxygens (including phenoxy) is 3. The average molecular weight is 485 g/mol. The average Bonchev–Trinajstić information content (AvgIpc) is 2.59. The number of hydrogen-bond donors (Lipinski definition) is 0. The summed E-state index contributed by atoms with van der Waals surface area (Å²) in [6, 6.07) is 0. The van der Waals surface area contributed by atoms with Crippen LogP contribution in [-0.4, -0.2) is 54.0 Å². The fourth-order valence-electron chi connectivity index (χ4n) is 1.43. The lowest BCUT2D eigenvalue weighted by molar-refractivity contribution is -0.115. The summed E-state index contributed by atoms with van der Waals surface area (Å²) in [7, 11) is 0. The van der Waals surface area contributed by atoms with Crippen LogP contribution in [0.4, 0.5) is 0 Å². The van der Waals surface area contributed by atoms with Gasteiger partial charge in [-0.3, -0.25) is 14.4 Å². The zero-order valence-corrected chi connectivity index (χ0v) is 23.1. The van der Waals surface area contributed by atoms with Crippen LogP contribution in [0.1, 0.15) is 90.5 Å². The van der Waals surface area contributed by atoms with Crippen molar-refractivity contribution in [2.45, 2.75) is 107 Å². The summed E-state index contributed by atoms with van der Waals surface area (Å²) in [4.78, 5) is 31.5. The summed E-state index contributed by atoms with van der Waals surface area (Å²) >= 11 is 0. The summed E-state index contributed by atoms with van der Waals surface area (Å²) in [6.07, 6.45) is 6.50. The number of hydrogen-bond acceptors (Lipinski definition) is 6. The number of carbonyl (C=O) groups excluding carboxylic acids is 3. The van der Waals surface area contributed by atoms with Crippen molar-refractivity contribution in [3.8, 4) is 0 Å². The molecule has 0 rings (SSSR count). The van der Waals surface area contributed by atoms with E-state index in [1.54, 1.807) is 12.2 Å². The van der Waals surface area contributed by atoms with E-state index < -0.39 is 0 Å². The third-order valence-corrected chi connectivity index (χ3v) is 3.11. The molecular formula is C28H52O6. The van der Waals surface area contributed by atoms with Gasteiger partial charge in [0.1, 0.15) is 0 Å². The molecule has 0 radical (unpaired) electrons. The van der Waals surface area contributed by atoms with E-state index in [0.29, 0.717) is 25.4 Å². The Labute approximate surface area is 209 Å². The first kappa shape index (κ1) is 39.3. The van der Waals surface area contributed by atoms with Crippen LogP contribution < -0.4 is 0 Å². The highest BCUT2D eigenvalue weighted by Crippen LogP contribution is 2.08. The molecule has 0 saturated carbocycles. The highest BCUT2D eigenvalue weighted by atomic mass is 16.5. The molecule has 0 fully saturated rings. The number of Topliss-reactive ketones (excluding diaryl/α,β-unsaturated/α-hetero) is 1. The molecular weight excluding hydrogens is 432 g/mol. The Balaban J connectivity index is -0.000000196. The highest BCUT2D eigenvalue weighted by molar-refractivity contribution is 5.92. The van der Waals surface area contributed by atoms with Crippen molar-refractivity contribution in [2.24, 2.45) is 0 Å². The molecule has 0 saturated heterocycles. The first-order valence-corrected chi connectivity index (χ1v) is 11.1. The monoisotopic (exact) mass is 484 g/mol. The standard InChI is InChI=1S/3C9H16O2.CH4/c1-7(8(2)10)6-11-9(3,4)5;2*1-8(10)6-5-7-11-9(2,3)4;/h1,6H2,2-5H3;2*5-6H,7H2,1-4H3;1H4/b;2*6-5+;. The van der Waals surface area contributed by atoms with E-state index in [9.17, 15) is 14.4 Å². The number of carbonyl (C=O) groups is 3. The van der Waals surface area contributed by atoms with Gasteiger partial charge in [0.2, 0.25) is 0 Å². The van der Waals surface area contributed by atoms with E-state index in [-0.39, 0.29) is 41.6 Å². The summed E-state index contributed by atoms with van der Waals surface area (Å²) in [5.41, 5.74) is 0.0839. The molecule has 0 aromatic rings. The van der Waals surface area contributed by atoms with Gasteiger partial charge in [0.05, 0.1) is 36.6 Å². The molecule has 0 spiro atoms. The van der Waals surface area contributed by atoms with Gasteiger partial charge in [-0.1, -0.05) is 26.2 Å². The lowest BCUT2D eigenvalue weighted by atomic mass is 10.2. The Bertz CT molecular complexity index is 612. The van der Waals surface area contributed by atoms with Crippen LogP contribution >= 0.6 is 0 Å². The van der Waals surface area contributed by atoms with E-state index in [4.69, 9.17) is 14.2 Å². The molecule has 0 aromatic heterocycles. The van der Waals surface area contributed by atoms with Gasteiger partial charge in [0.15, 0.2) is 17.3 Å². The SMILES string of the molecule is C.C=C(COC(C)(C)C)C(C)=O.CC(=O)/C=C/COC(C)(C)C.CC(=O)/C=C/COC(C)(C)C. The number of rotatable bonds is 9. The second-order valence-electron chi connectivity index (χ2n) is 10.4. The molecule has 200 valence electrons. The van der Waals surface area contributed by atoms with E-state index in [1.165, 1.54) is 32.9 Å². The lowest BCUT2D eigenvalue weighted by Crippen LogP contribution is -2.21. The Morgan fingerprint density at radius 3 is 1.15 bits per heavy atom. The normalized spacial score (nSPS) is 11.6. The van der Waals surface area contributed by atoms with Crippen LogP contribution in [0.3, 0.4) is 0 Å². The first-order valence-electron chi connectivity index (χ1n) is 11.1. The highest BCUT2D eigenvalue weighted by Gasteiger charge is 2.11. The summed E-state index contributed by atoms with van der Waals surface area (Å²) in [5.74, 6) is 0.110. The summed E-state index contributed by atoms with van der Waals surface area (Å²) in [5, 5.41) is 0. The van der Waals surface area contributed by atoms with E-state index in [0.717, 1.165) is 0 Å². The van der Waals surface area contributed by atoms with Gasteiger partial charge in [-0.15, -0.1) is 0 Å². The Kier molecular flexibility index (Phi) is 22.5. The smallest absolute Gasteiger partial charge is 0.157 e. The topological polar surface area (TPSA) is 78.9 Å². The molecule has 34 heavy (non-hydrogen) atoms. The second kappa shape index (κ2) is 19.4. The molecule has 0 aliphatic rings. The van der Waals surface area contributed by atoms with Crippen LogP contribution in [-0.2, 0) is 28.6 Å². The molecule has 0 bridgehead atoms. The molecule has 0 aliphatic heterocycles. The van der Waals surface area contributed by atoms with Crippen molar-refractivity contribution in [1.82, 2.24) is 0 Å². The Morgan fingerprint density at radius 2 is 0.941 bits per heavy atom. The van der Waals surface area contributed by atoms with Gasteiger partial charge in [-0.2, -0.15) is 0 Å². The zero-order valence-electron chi connectivity index (χ0n) is 23.1. The number of ketones is 3. The van der Waals surface area contributed by atoms with Gasteiger partial charge in [-0.05, 0) is 95.2 Å². The molecule has 0 atom stereocenters. The minimum absolute atomic E-state index is 0. The van der Waals surface area contributed by atoms with Crippen molar-refractivity contribution in [3.05, 3.63) is 36.5 Å². The maximum Gasteiger partial charge on any atom is 0.157 e. The summed E-state index contributed by atoms with van der Waals surface area (Å²) < 4.78 is 16.0. The minimum Gasteiger partial charge on any atom is -0.372 e. The number of allylic oxidation sites excluding steroid dienone is 2. The van der Waals surface area contributed by atoms with E-state index in [2.05, 4.69) is 6.58 Å². The second-order valence-corrected chi connectivity index (χ2v) is 10.4. The maximum atomic E-state index is 10.7. The molecule has 0 aromatic carbocycles. The van der Waals surface area contributed by atoms with Gasteiger partial charge in [-0.25, -0.2) is 0 Å². The molecule has 0 unspecified atom stereocenters. The minimum atomic E-state index is -0.196. The quantitative estimate of drug-likeness (QED) is 0.349. The van der Waals surface area contributed by atoms with Crippen molar-refractivity contribution in [1.29, 1.82) is 0 Å². The third kappa shape index (κ3) is 43.9. The molecule has 0 N–H and O–H groups in total. The molecule has 0 amide bonds. The Hall–Kier alpha value is -1.89. The fourth-order valence-corrected chi connectivity index (χ4v) is 1.43. The van der Waals surface area contributed by atoms with Crippen LogP contribution in [0.15, 0.2) is 36.5 Å². The van der Waals surface area contributed by atoms with Crippen molar-refractivity contribution in [2.75, 3.05) is 19.8 Å². The van der Waals surface area contributed by atoms with Gasteiger partial charge < -0.3 is 14.2 Å². The molecule has 0 heterocycles. The predicted octanol–water partition coefficient (Wildman–Crippen LogP) is 6.48. The lowest BCUT2D eigenvalue weighted by Gasteiger charge is -2.19. The van der Waals surface area contributed by atoms with E-state index >= 15 is 0 Å². The van der Waals surface area contributed by atoms with Crippen LogP contribution in [0, 0.1) is 0 Å². The van der Waals surface area contributed by atoms with Gasteiger partial charge >= 0.3 is 0 Å². The van der Waals surface area contributed by atoms with Crippen molar-refractivity contribution >= 4 is 17.3 Å². The zero-order chi connectivity index (χ0) is 26.9. The van der Waals surface area contributed by atoms with Gasteiger partial charge in [0, 0.05) is 5.57 Å².